The van der Waals surface area contributed by atoms with E-state index in [9.17, 15) is 15.0 Å². The molecule has 3 aromatic rings. The van der Waals surface area contributed by atoms with Crippen LogP contribution in [-0.4, -0.2) is 27.2 Å². The molecule has 1 saturated carbocycles. The summed E-state index contributed by atoms with van der Waals surface area (Å²) in [4.78, 5) is 13.3. The Morgan fingerprint density at radius 3 is 2.32 bits per heavy atom. The van der Waals surface area contributed by atoms with Gasteiger partial charge in [-0.3, -0.25) is 4.79 Å². The Labute approximate surface area is 201 Å². The number of benzene rings is 2. The van der Waals surface area contributed by atoms with Gasteiger partial charge in [-0.15, -0.1) is 0 Å². The molecule has 1 unspecified atom stereocenters. The number of carbonyl (C=O) groups excluding carboxylic acids is 1. The van der Waals surface area contributed by atoms with Crippen molar-refractivity contribution in [1.82, 2.24) is 4.57 Å². The average Bonchev–Trinajstić information content (AvgIpc) is 3.52. The molecule has 1 aliphatic rings. The van der Waals surface area contributed by atoms with Crippen LogP contribution in [0.25, 0.3) is 10.9 Å². The predicted molar refractivity (Wildman–Crippen MR) is 137 cm³/mol. The number of carbonyl (C=O) groups is 1. The van der Waals surface area contributed by atoms with Crippen LogP contribution in [0.5, 0.6) is 11.5 Å². The second-order valence-corrected chi connectivity index (χ2v) is 11.2. The number of hydrogen-bond acceptors (Lipinski definition) is 4. The van der Waals surface area contributed by atoms with Crippen LogP contribution < -0.4 is 11.1 Å². The predicted octanol–water partition coefficient (Wildman–Crippen LogP) is 5.40. The summed E-state index contributed by atoms with van der Waals surface area (Å²) in [5.41, 5.74) is 9.31. The van der Waals surface area contributed by atoms with E-state index in [1.807, 2.05) is 12.1 Å². The highest BCUT2D eigenvalue weighted by Gasteiger charge is 2.51. The van der Waals surface area contributed by atoms with Gasteiger partial charge in [0.1, 0.15) is 0 Å². The van der Waals surface area contributed by atoms with Crippen molar-refractivity contribution in [2.24, 2.45) is 11.1 Å². The van der Waals surface area contributed by atoms with Gasteiger partial charge in [0.05, 0.1) is 5.41 Å². The summed E-state index contributed by atoms with van der Waals surface area (Å²) >= 11 is 0. The van der Waals surface area contributed by atoms with Crippen LogP contribution in [0.15, 0.2) is 42.5 Å². The minimum Gasteiger partial charge on any atom is -0.504 e. The highest BCUT2D eigenvalue weighted by atomic mass is 16.3. The monoisotopic (exact) mass is 463 g/mol. The Kier molecular flexibility index (Phi) is 5.93. The third-order valence-corrected chi connectivity index (χ3v) is 7.53. The van der Waals surface area contributed by atoms with E-state index in [2.05, 4.69) is 56.6 Å². The molecule has 6 heteroatoms. The molecule has 1 heterocycles. The maximum absolute atomic E-state index is 13.3. The van der Waals surface area contributed by atoms with Gasteiger partial charge in [0, 0.05) is 34.2 Å². The second kappa shape index (κ2) is 8.35. The van der Waals surface area contributed by atoms with Gasteiger partial charge in [-0.25, -0.2) is 0 Å². The number of fused-ring (bicyclic) bond motifs is 1. The van der Waals surface area contributed by atoms with E-state index in [0.29, 0.717) is 19.4 Å². The topological polar surface area (TPSA) is 101 Å². The molecule has 4 rings (SSSR count). The van der Waals surface area contributed by atoms with Crippen molar-refractivity contribution < 1.29 is 15.0 Å². The Hall–Kier alpha value is -2.99. The lowest BCUT2D eigenvalue weighted by Crippen LogP contribution is -2.33. The molecule has 1 amide bonds. The van der Waals surface area contributed by atoms with E-state index in [1.165, 1.54) is 17.8 Å². The average molecular weight is 464 g/mol. The SMILES string of the molecule is CCC(C)(CN)Cn1c(C(C)(C)C)cc2cc(NC(=O)C3(c4ccc(O)c(O)c4)CC3)ccc21. The van der Waals surface area contributed by atoms with Gasteiger partial charge < -0.3 is 25.8 Å². The lowest BCUT2D eigenvalue weighted by molar-refractivity contribution is -0.118. The van der Waals surface area contributed by atoms with Gasteiger partial charge in [-0.2, -0.15) is 0 Å². The van der Waals surface area contributed by atoms with Gasteiger partial charge in [0.15, 0.2) is 11.5 Å². The maximum Gasteiger partial charge on any atom is 0.235 e. The number of amides is 1. The molecule has 2 aromatic carbocycles. The van der Waals surface area contributed by atoms with Crippen LogP contribution in [0.2, 0.25) is 0 Å². The molecule has 1 atom stereocenters. The lowest BCUT2D eigenvalue weighted by atomic mass is 9.86. The number of phenols is 2. The number of rotatable bonds is 7. The molecule has 34 heavy (non-hydrogen) atoms. The van der Waals surface area contributed by atoms with Crippen molar-refractivity contribution >= 4 is 22.5 Å². The van der Waals surface area contributed by atoms with Gasteiger partial charge in [-0.05, 0) is 73.2 Å². The van der Waals surface area contributed by atoms with Crippen molar-refractivity contribution in [3.05, 3.63) is 53.7 Å². The summed E-state index contributed by atoms with van der Waals surface area (Å²) in [6.45, 7) is 12.5. The van der Waals surface area contributed by atoms with Crippen LogP contribution in [0.3, 0.4) is 0 Å². The highest BCUT2D eigenvalue weighted by molar-refractivity contribution is 6.02. The molecule has 0 bridgehead atoms. The zero-order valence-corrected chi connectivity index (χ0v) is 20.9. The first-order valence-corrected chi connectivity index (χ1v) is 12.1. The number of anilines is 1. The third-order valence-electron chi connectivity index (χ3n) is 7.53. The van der Waals surface area contributed by atoms with Crippen molar-refractivity contribution in [2.75, 3.05) is 11.9 Å². The quantitative estimate of drug-likeness (QED) is 0.353. The van der Waals surface area contributed by atoms with Crippen LogP contribution in [0.4, 0.5) is 5.69 Å². The van der Waals surface area contributed by atoms with Crippen molar-refractivity contribution in [1.29, 1.82) is 0 Å². The molecule has 182 valence electrons. The van der Waals surface area contributed by atoms with Crippen LogP contribution in [-0.2, 0) is 22.2 Å². The molecular weight excluding hydrogens is 426 g/mol. The van der Waals surface area contributed by atoms with Crippen LogP contribution in [0, 0.1) is 5.41 Å². The van der Waals surface area contributed by atoms with E-state index in [0.717, 1.165) is 35.1 Å². The number of nitrogens with two attached hydrogens (primary N) is 1. The minimum absolute atomic E-state index is 0.00681. The third kappa shape index (κ3) is 4.27. The molecule has 0 saturated heterocycles. The summed E-state index contributed by atoms with van der Waals surface area (Å²) in [6.07, 6.45) is 2.42. The minimum atomic E-state index is -0.660. The normalized spacial score (nSPS) is 16.9. The molecule has 6 nitrogen and oxygen atoms in total. The molecular formula is C28H37N3O3. The number of hydrogen-bond donors (Lipinski definition) is 4. The van der Waals surface area contributed by atoms with Crippen LogP contribution in [0.1, 0.15) is 65.1 Å². The first-order chi connectivity index (χ1) is 15.9. The fourth-order valence-electron chi connectivity index (χ4n) is 4.69. The standard InChI is InChI=1S/C28H37N3O3/c1-6-27(5,16-29)17-31-21-9-8-20(13-18(21)14-24(31)26(2,3)4)30-25(34)28(11-12-28)19-7-10-22(32)23(33)15-19/h7-10,13-15,32-33H,6,11-12,16-17,29H2,1-5H3,(H,30,34). The second-order valence-electron chi connectivity index (χ2n) is 11.2. The molecule has 1 fully saturated rings. The summed E-state index contributed by atoms with van der Waals surface area (Å²) in [5.74, 6) is -0.474. The fraction of sp³-hybridized carbons (Fsp3) is 0.464. The zero-order chi connectivity index (χ0) is 24.9. The van der Waals surface area contributed by atoms with Crippen molar-refractivity contribution in [2.45, 2.75) is 71.3 Å². The van der Waals surface area contributed by atoms with E-state index in [1.54, 1.807) is 6.07 Å². The molecule has 5 N–H and O–H groups in total. The van der Waals surface area contributed by atoms with Gasteiger partial charge in [-0.1, -0.05) is 40.7 Å². The van der Waals surface area contributed by atoms with Gasteiger partial charge in [0.2, 0.25) is 5.91 Å². The zero-order valence-electron chi connectivity index (χ0n) is 20.9. The first-order valence-electron chi connectivity index (χ1n) is 12.1. The summed E-state index contributed by atoms with van der Waals surface area (Å²) in [6, 6.07) is 12.9. The van der Waals surface area contributed by atoms with E-state index >= 15 is 0 Å². The van der Waals surface area contributed by atoms with Crippen LogP contribution >= 0.6 is 0 Å². The van der Waals surface area contributed by atoms with E-state index < -0.39 is 5.41 Å². The van der Waals surface area contributed by atoms with Gasteiger partial charge in [0.25, 0.3) is 0 Å². The lowest BCUT2D eigenvalue weighted by Gasteiger charge is -2.31. The molecule has 0 spiro atoms. The fourth-order valence-corrected chi connectivity index (χ4v) is 4.69. The number of phenolic OH excluding ortho intramolecular Hbond substituents is 2. The summed E-state index contributed by atoms with van der Waals surface area (Å²) < 4.78 is 2.39. The largest absolute Gasteiger partial charge is 0.504 e. The smallest absolute Gasteiger partial charge is 0.235 e. The number of nitrogens with one attached hydrogen (secondary N) is 1. The van der Waals surface area contributed by atoms with Gasteiger partial charge >= 0.3 is 0 Å². The summed E-state index contributed by atoms with van der Waals surface area (Å²) in [7, 11) is 0. The van der Waals surface area contributed by atoms with E-state index in [4.69, 9.17) is 5.73 Å². The molecule has 0 aliphatic heterocycles. The maximum atomic E-state index is 13.3. The number of aromatic nitrogens is 1. The Morgan fingerprint density at radius 1 is 1.06 bits per heavy atom. The highest BCUT2D eigenvalue weighted by Crippen LogP contribution is 2.50. The molecule has 1 aromatic heterocycles. The Balaban J connectivity index is 1.66. The van der Waals surface area contributed by atoms with Crippen molar-refractivity contribution in [3.63, 3.8) is 0 Å². The number of nitrogens with zero attached hydrogens (tertiary/aromatic N) is 1. The molecule has 0 radical (unpaired) electrons. The molecule has 1 aliphatic carbocycles. The Morgan fingerprint density at radius 2 is 1.76 bits per heavy atom. The summed E-state index contributed by atoms with van der Waals surface area (Å²) in [5, 5.41) is 23.7. The van der Waals surface area contributed by atoms with Crippen molar-refractivity contribution in [3.8, 4) is 11.5 Å². The van der Waals surface area contributed by atoms with E-state index in [-0.39, 0.29) is 28.2 Å². The number of aromatic hydroxyl groups is 2. The first kappa shape index (κ1) is 24.1. The Bertz CT molecular complexity index is 1230.